The van der Waals surface area contributed by atoms with Gasteiger partial charge >= 0.3 is 11.9 Å². The number of ether oxygens (including phenoxy) is 2. The van der Waals surface area contributed by atoms with Crippen LogP contribution < -0.4 is 0 Å². The van der Waals surface area contributed by atoms with Gasteiger partial charge in [-0.2, -0.15) is 0 Å². The van der Waals surface area contributed by atoms with E-state index in [0.717, 1.165) is 50.5 Å². The van der Waals surface area contributed by atoms with Crippen LogP contribution in [-0.4, -0.2) is 30.4 Å². The van der Waals surface area contributed by atoms with E-state index in [0.29, 0.717) is 48.9 Å². The molecule has 0 N–H and O–H groups in total. The van der Waals surface area contributed by atoms with Gasteiger partial charge in [-0.1, -0.05) is 33.8 Å². The highest BCUT2D eigenvalue weighted by atomic mass is 16.5. The smallest absolute Gasteiger partial charge is 0.305 e. The second-order valence-electron chi connectivity index (χ2n) is 12.7. The van der Waals surface area contributed by atoms with Crippen LogP contribution in [0, 0.1) is 46.3 Å². The Bertz CT molecular complexity index is 891. The zero-order valence-electron chi connectivity index (χ0n) is 23.4. The lowest BCUT2D eigenvalue weighted by Crippen LogP contribution is -2.58. The number of hydrogen-bond donors (Lipinski definition) is 0. The summed E-state index contributed by atoms with van der Waals surface area (Å²) < 4.78 is 10.9. The maximum absolute atomic E-state index is 14.2. The number of esters is 2. The van der Waals surface area contributed by atoms with Crippen LogP contribution >= 0.6 is 0 Å². The Balaban J connectivity index is 1.55. The molecule has 9 atom stereocenters. The maximum atomic E-state index is 14.2. The highest BCUT2D eigenvalue weighted by Crippen LogP contribution is 2.68. The van der Waals surface area contributed by atoms with Crippen molar-refractivity contribution in [2.45, 2.75) is 112 Å². The van der Waals surface area contributed by atoms with Gasteiger partial charge in [0, 0.05) is 18.8 Å². The highest BCUT2D eigenvalue weighted by Gasteiger charge is 2.64. The summed E-state index contributed by atoms with van der Waals surface area (Å²) >= 11 is 0. The summed E-state index contributed by atoms with van der Waals surface area (Å²) in [5.41, 5.74) is 1.24. The van der Waals surface area contributed by atoms with E-state index in [9.17, 15) is 14.4 Å². The van der Waals surface area contributed by atoms with Gasteiger partial charge in [-0.25, -0.2) is 0 Å². The second-order valence-corrected chi connectivity index (χ2v) is 12.7. The van der Waals surface area contributed by atoms with Crippen LogP contribution in [0.1, 0.15) is 106 Å². The first kappa shape index (κ1) is 27.4. The molecule has 0 radical (unpaired) electrons. The number of allylic oxidation sites excluding steroid dienone is 2. The summed E-state index contributed by atoms with van der Waals surface area (Å²) in [4.78, 5) is 38.2. The molecule has 0 aromatic heterocycles. The molecule has 0 saturated heterocycles. The van der Waals surface area contributed by atoms with Crippen molar-refractivity contribution in [3.8, 4) is 0 Å². The van der Waals surface area contributed by atoms with E-state index in [2.05, 4.69) is 26.8 Å². The van der Waals surface area contributed by atoms with Crippen LogP contribution in [0.4, 0.5) is 0 Å². The first-order valence-corrected chi connectivity index (χ1v) is 14.7. The van der Waals surface area contributed by atoms with E-state index in [1.54, 1.807) is 0 Å². The topological polar surface area (TPSA) is 69.7 Å². The molecular weight excluding hydrogens is 452 g/mol. The largest absolute Gasteiger partial charge is 0.466 e. The SMILES string of the molecule is C/C=C1\C(=O)C2C(CCC3(C)C2CCC3[C@H](C)CCC(=O)OCC)C2(C)CC[C@@H](OC(=O)CC)CC12. The lowest BCUT2D eigenvalue weighted by atomic mass is 9.43. The van der Waals surface area contributed by atoms with Crippen molar-refractivity contribution in [2.24, 2.45) is 46.3 Å². The molecule has 7 unspecified atom stereocenters. The van der Waals surface area contributed by atoms with Gasteiger partial charge in [0.15, 0.2) is 5.78 Å². The molecule has 4 saturated carbocycles. The molecule has 202 valence electrons. The minimum Gasteiger partial charge on any atom is -0.466 e. The summed E-state index contributed by atoms with van der Waals surface area (Å²) in [5, 5.41) is 0. The molecule has 0 bridgehead atoms. The van der Waals surface area contributed by atoms with E-state index in [1.807, 2.05) is 20.8 Å². The molecule has 4 aliphatic carbocycles. The van der Waals surface area contributed by atoms with Crippen molar-refractivity contribution in [3.63, 3.8) is 0 Å². The summed E-state index contributed by atoms with van der Waals surface area (Å²) in [6, 6.07) is 0. The summed E-state index contributed by atoms with van der Waals surface area (Å²) in [6.07, 6.45) is 11.0. The standard InChI is InChI=1S/C31H48O5/c1-7-21-25-18-20(36-26(32)8-2)14-16-31(25,6)24-15-17-30(5)22(11-12-23(30)28(24)29(21)34)19(4)10-13-27(33)35-9-3/h7,19-20,22-25,28H,8-18H2,1-6H3/b21-7-/t19-,20-,22?,23?,24?,25?,28?,30?,31?/m1/s1. The van der Waals surface area contributed by atoms with Gasteiger partial charge in [0.1, 0.15) is 6.10 Å². The second kappa shape index (κ2) is 10.6. The van der Waals surface area contributed by atoms with Crippen LogP contribution in [0.5, 0.6) is 0 Å². The van der Waals surface area contributed by atoms with Crippen LogP contribution in [0.3, 0.4) is 0 Å². The predicted molar refractivity (Wildman–Crippen MR) is 140 cm³/mol. The molecule has 0 aromatic carbocycles. The molecular formula is C31H48O5. The number of Topliss-reactive ketones (excluding diaryl/α,β-unsaturated/α-hetero) is 1. The van der Waals surface area contributed by atoms with E-state index < -0.39 is 0 Å². The van der Waals surface area contributed by atoms with Crippen molar-refractivity contribution in [3.05, 3.63) is 11.6 Å². The van der Waals surface area contributed by atoms with Gasteiger partial charge in [0.25, 0.3) is 0 Å². The molecule has 5 nitrogen and oxygen atoms in total. The highest BCUT2D eigenvalue weighted by molar-refractivity contribution is 5.99. The van der Waals surface area contributed by atoms with Crippen molar-refractivity contribution >= 4 is 17.7 Å². The third-order valence-corrected chi connectivity index (χ3v) is 11.1. The Labute approximate surface area is 218 Å². The number of carbonyl (C=O) groups is 3. The fourth-order valence-electron chi connectivity index (χ4n) is 9.31. The number of rotatable bonds is 7. The Morgan fingerprint density at radius 1 is 1.03 bits per heavy atom. The minimum atomic E-state index is -0.131. The van der Waals surface area contributed by atoms with Gasteiger partial charge in [0.2, 0.25) is 0 Å². The Morgan fingerprint density at radius 2 is 1.72 bits per heavy atom. The number of hydrogen-bond acceptors (Lipinski definition) is 5. The Hall–Kier alpha value is -1.65. The van der Waals surface area contributed by atoms with Gasteiger partial charge < -0.3 is 9.47 Å². The lowest BCUT2D eigenvalue weighted by Gasteiger charge is -2.61. The molecule has 0 amide bonds. The maximum Gasteiger partial charge on any atom is 0.305 e. The van der Waals surface area contributed by atoms with Gasteiger partial charge in [0.05, 0.1) is 6.61 Å². The van der Waals surface area contributed by atoms with Crippen molar-refractivity contribution < 1.29 is 23.9 Å². The molecule has 0 heterocycles. The summed E-state index contributed by atoms with van der Waals surface area (Å²) in [7, 11) is 0. The summed E-state index contributed by atoms with van der Waals surface area (Å²) in [6.45, 7) is 13.3. The van der Waals surface area contributed by atoms with Gasteiger partial charge in [-0.3, -0.25) is 14.4 Å². The third kappa shape index (κ3) is 4.58. The van der Waals surface area contributed by atoms with Crippen molar-refractivity contribution in [1.29, 1.82) is 0 Å². The fourth-order valence-corrected chi connectivity index (χ4v) is 9.31. The van der Waals surface area contributed by atoms with Crippen molar-refractivity contribution in [1.82, 2.24) is 0 Å². The molecule has 4 fully saturated rings. The van der Waals surface area contributed by atoms with Crippen LogP contribution in [0.2, 0.25) is 0 Å². The third-order valence-electron chi connectivity index (χ3n) is 11.1. The van der Waals surface area contributed by atoms with Crippen LogP contribution in [-0.2, 0) is 23.9 Å². The number of fused-ring (bicyclic) bond motifs is 5. The molecule has 36 heavy (non-hydrogen) atoms. The molecule has 5 heteroatoms. The van der Waals surface area contributed by atoms with Crippen molar-refractivity contribution in [2.75, 3.05) is 6.61 Å². The Morgan fingerprint density at radius 3 is 2.39 bits per heavy atom. The molecule has 4 aliphatic rings. The average molecular weight is 501 g/mol. The van der Waals surface area contributed by atoms with E-state index >= 15 is 0 Å². The van der Waals surface area contributed by atoms with Crippen LogP contribution in [0.25, 0.3) is 0 Å². The first-order chi connectivity index (χ1) is 17.1. The molecule has 0 spiro atoms. The van der Waals surface area contributed by atoms with Gasteiger partial charge in [-0.15, -0.1) is 0 Å². The lowest BCUT2D eigenvalue weighted by molar-refractivity contribution is -0.161. The predicted octanol–water partition coefficient (Wildman–Crippen LogP) is 6.68. The van der Waals surface area contributed by atoms with E-state index in [4.69, 9.17) is 9.47 Å². The quantitative estimate of drug-likeness (QED) is 0.288. The monoisotopic (exact) mass is 500 g/mol. The molecule has 0 aliphatic heterocycles. The normalized spacial score (nSPS) is 41.7. The van der Waals surface area contributed by atoms with Gasteiger partial charge in [-0.05, 0) is 111 Å². The Kier molecular flexibility index (Phi) is 8.07. The molecule has 0 aromatic rings. The fraction of sp³-hybridized carbons (Fsp3) is 0.839. The van der Waals surface area contributed by atoms with E-state index in [-0.39, 0.29) is 40.7 Å². The summed E-state index contributed by atoms with van der Waals surface area (Å²) in [5.74, 6) is 2.28. The minimum absolute atomic E-state index is 0.0696. The zero-order chi connectivity index (χ0) is 26.3. The molecule has 4 rings (SSSR count). The van der Waals surface area contributed by atoms with Crippen LogP contribution in [0.15, 0.2) is 11.6 Å². The zero-order valence-corrected chi connectivity index (χ0v) is 23.4. The number of carbonyl (C=O) groups excluding carboxylic acids is 3. The van der Waals surface area contributed by atoms with E-state index in [1.165, 1.54) is 6.42 Å². The number of ketones is 1. The average Bonchev–Trinajstić information content (AvgIpc) is 3.21. The first-order valence-electron chi connectivity index (χ1n) is 14.7.